The summed E-state index contributed by atoms with van der Waals surface area (Å²) in [5.74, 6) is 0.240. The molecule has 1 aliphatic rings. The Labute approximate surface area is 262 Å². The van der Waals surface area contributed by atoms with Crippen LogP contribution in [0.5, 0.6) is 5.75 Å². The molecule has 0 N–H and O–H groups in total. The number of hydrogen-bond donors (Lipinski definition) is 0. The standard InChI is InChI=1S/C30H22Cl2N2O8S2/c31-21-9-11-25-23(16-21)33(13-3-7-20-5-1-4-19-6-2-8-27(30(19)20)44(38,39)40)28(41-25)18-29-34(14-15-43(35,36)37)24-17-22(32)10-12-26(24)42-29/h1-12,16-18H,13-15H2,(H-,35,36,37,38,39,40)/p-1. The number of ether oxygens (including phenoxy) is 1. The van der Waals surface area contributed by atoms with Crippen LogP contribution in [0.4, 0.5) is 5.69 Å². The van der Waals surface area contributed by atoms with Gasteiger partial charge in [-0.05, 0) is 53.4 Å². The zero-order valence-corrected chi connectivity index (χ0v) is 25.7. The third kappa shape index (κ3) is 6.18. The Balaban J connectivity index is 1.42. The van der Waals surface area contributed by atoms with Crippen molar-refractivity contribution in [3.63, 3.8) is 0 Å². The van der Waals surface area contributed by atoms with E-state index in [0.717, 1.165) is 0 Å². The van der Waals surface area contributed by atoms with Crippen molar-refractivity contribution < 1.29 is 39.7 Å². The average Bonchev–Trinajstić information content (AvgIpc) is 3.47. The number of allylic oxidation sites excluding steroid dienone is 1. The average molecular weight is 673 g/mol. The molecular formula is C30H21Cl2N2O8S2-. The number of fused-ring (bicyclic) bond motifs is 3. The van der Waals surface area contributed by atoms with Gasteiger partial charge in [-0.1, -0.05) is 59.6 Å². The van der Waals surface area contributed by atoms with Gasteiger partial charge in [0.25, 0.3) is 5.52 Å². The summed E-state index contributed by atoms with van der Waals surface area (Å²) in [7, 11) is -9.27. The third-order valence-electron chi connectivity index (χ3n) is 6.95. The number of hydrogen-bond acceptors (Lipinski definition) is 9. The number of rotatable bonds is 8. The molecule has 10 nitrogen and oxygen atoms in total. The SMILES string of the molecule is O=S(=O)([O-])CCN1C(=Cc2oc3ccc(Cl)cc3[n+]2CC=Cc2cccc3cccc(S(=O)(=O)[O-])c23)Oc2ccc(Cl)cc21. The molecule has 44 heavy (non-hydrogen) atoms. The van der Waals surface area contributed by atoms with Crippen LogP contribution in [0.3, 0.4) is 0 Å². The Morgan fingerprint density at radius 1 is 0.909 bits per heavy atom. The summed E-state index contributed by atoms with van der Waals surface area (Å²) in [6.45, 7) is 0.0197. The van der Waals surface area contributed by atoms with E-state index in [9.17, 15) is 25.9 Å². The van der Waals surface area contributed by atoms with Gasteiger partial charge in [0.05, 0.1) is 26.5 Å². The van der Waals surface area contributed by atoms with Crippen molar-refractivity contribution in [2.24, 2.45) is 0 Å². The summed E-state index contributed by atoms with van der Waals surface area (Å²) in [5, 5.41) is 1.76. The van der Waals surface area contributed by atoms with Crippen molar-refractivity contribution in [3.8, 4) is 5.75 Å². The number of anilines is 1. The minimum Gasteiger partial charge on any atom is -0.748 e. The molecule has 6 rings (SSSR count). The molecule has 0 saturated carbocycles. The van der Waals surface area contributed by atoms with E-state index in [0.29, 0.717) is 54.8 Å². The Hall–Kier alpha value is -3.91. The number of nitrogens with zero attached hydrogens (tertiary/aromatic N) is 2. The van der Waals surface area contributed by atoms with Gasteiger partial charge in [-0.25, -0.2) is 16.8 Å². The van der Waals surface area contributed by atoms with Crippen molar-refractivity contribution in [2.75, 3.05) is 17.2 Å². The first-order valence-electron chi connectivity index (χ1n) is 13.0. The summed E-state index contributed by atoms with van der Waals surface area (Å²) in [5.41, 5.74) is 2.13. The molecule has 1 aliphatic heterocycles. The highest BCUT2D eigenvalue weighted by Gasteiger charge is 2.30. The van der Waals surface area contributed by atoms with Gasteiger partial charge in [0, 0.05) is 28.0 Å². The van der Waals surface area contributed by atoms with Gasteiger partial charge in [0.15, 0.2) is 12.3 Å². The molecule has 0 atom stereocenters. The van der Waals surface area contributed by atoms with Crippen molar-refractivity contribution in [1.82, 2.24) is 0 Å². The van der Waals surface area contributed by atoms with Crippen molar-refractivity contribution in [3.05, 3.63) is 106 Å². The van der Waals surface area contributed by atoms with Crippen molar-refractivity contribution in [2.45, 2.75) is 11.4 Å². The topological polar surface area (TPSA) is 144 Å². The number of oxazole rings is 1. The van der Waals surface area contributed by atoms with E-state index in [4.69, 9.17) is 32.4 Å². The lowest BCUT2D eigenvalue weighted by Crippen LogP contribution is -2.35. The normalized spacial score (nSPS) is 14.6. The van der Waals surface area contributed by atoms with Gasteiger partial charge >= 0.3 is 5.89 Å². The number of halogens is 2. The van der Waals surface area contributed by atoms with Crippen LogP contribution in [0, 0.1) is 0 Å². The maximum Gasteiger partial charge on any atom is 0.379 e. The molecular weight excluding hydrogens is 651 g/mol. The van der Waals surface area contributed by atoms with E-state index in [1.165, 1.54) is 17.0 Å². The predicted octanol–water partition coefficient (Wildman–Crippen LogP) is 5.54. The minimum atomic E-state index is -4.73. The maximum absolute atomic E-state index is 12.0. The molecule has 0 saturated heterocycles. The molecule has 0 fully saturated rings. The van der Waals surface area contributed by atoms with E-state index >= 15 is 0 Å². The summed E-state index contributed by atoms with van der Waals surface area (Å²) in [6.07, 6.45) is 5.04. The van der Waals surface area contributed by atoms with Gasteiger partial charge in [0.2, 0.25) is 11.5 Å². The lowest BCUT2D eigenvalue weighted by atomic mass is 10.0. The Kier molecular flexibility index (Phi) is 7.91. The zero-order chi connectivity index (χ0) is 31.2. The first kappa shape index (κ1) is 30.1. The van der Waals surface area contributed by atoms with E-state index in [1.807, 2.05) is 0 Å². The quantitative estimate of drug-likeness (QED) is 0.153. The molecule has 0 bridgehead atoms. The van der Waals surface area contributed by atoms with Crippen LogP contribution >= 0.6 is 23.2 Å². The first-order valence-corrected chi connectivity index (χ1v) is 16.8. The van der Waals surface area contributed by atoms with Crippen LogP contribution in [0.2, 0.25) is 10.0 Å². The highest BCUT2D eigenvalue weighted by Crippen LogP contribution is 2.41. The Bertz CT molecular complexity index is 2220. The van der Waals surface area contributed by atoms with Crippen LogP contribution < -0.4 is 14.2 Å². The number of benzene rings is 4. The monoisotopic (exact) mass is 671 g/mol. The van der Waals surface area contributed by atoms with Crippen molar-refractivity contribution in [1.29, 1.82) is 0 Å². The smallest absolute Gasteiger partial charge is 0.379 e. The molecule has 5 aromatic rings. The van der Waals surface area contributed by atoms with E-state index in [-0.39, 0.29) is 23.9 Å². The Morgan fingerprint density at radius 2 is 1.64 bits per heavy atom. The van der Waals surface area contributed by atoms with Crippen molar-refractivity contribution >= 4 is 83.1 Å². The van der Waals surface area contributed by atoms with Gasteiger partial charge in [0.1, 0.15) is 16.2 Å². The third-order valence-corrected chi connectivity index (χ3v) is 8.98. The van der Waals surface area contributed by atoms with Crippen LogP contribution in [0.1, 0.15) is 11.5 Å². The molecule has 0 aliphatic carbocycles. The fraction of sp³-hybridized carbons (Fsp3) is 0.100. The fourth-order valence-electron chi connectivity index (χ4n) is 5.06. The molecule has 226 valence electrons. The molecule has 0 unspecified atom stereocenters. The lowest BCUT2D eigenvalue weighted by Gasteiger charge is -2.19. The Morgan fingerprint density at radius 3 is 2.39 bits per heavy atom. The summed E-state index contributed by atoms with van der Waals surface area (Å²) >= 11 is 12.5. The second-order valence-electron chi connectivity index (χ2n) is 9.83. The van der Waals surface area contributed by atoms with Crippen LogP contribution in [-0.4, -0.2) is 38.2 Å². The zero-order valence-electron chi connectivity index (χ0n) is 22.5. The van der Waals surface area contributed by atoms with E-state index in [1.54, 1.807) is 83.5 Å². The molecule has 1 aromatic heterocycles. The summed E-state index contributed by atoms with van der Waals surface area (Å²) in [6, 6.07) is 19.7. The predicted molar refractivity (Wildman–Crippen MR) is 164 cm³/mol. The van der Waals surface area contributed by atoms with E-state index in [2.05, 4.69) is 0 Å². The first-order chi connectivity index (χ1) is 20.9. The van der Waals surface area contributed by atoms with Crippen LogP contribution in [0.25, 0.3) is 34.0 Å². The van der Waals surface area contributed by atoms with Crippen LogP contribution in [-0.2, 0) is 26.8 Å². The molecule has 0 amide bonds. The highest BCUT2D eigenvalue weighted by atomic mass is 35.5. The van der Waals surface area contributed by atoms with Gasteiger partial charge in [-0.3, -0.25) is 0 Å². The summed E-state index contributed by atoms with van der Waals surface area (Å²) < 4.78 is 84.3. The summed E-state index contributed by atoms with van der Waals surface area (Å²) in [4.78, 5) is 1.21. The van der Waals surface area contributed by atoms with Gasteiger partial charge in [-0.15, -0.1) is 0 Å². The minimum absolute atomic E-state index is 0.191. The second-order valence-corrected chi connectivity index (χ2v) is 13.6. The largest absolute Gasteiger partial charge is 0.748 e. The molecule has 14 heteroatoms. The molecule has 4 aromatic carbocycles. The lowest BCUT2D eigenvalue weighted by molar-refractivity contribution is -0.667. The fourth-order valence-corrected chi connectivity index (χ4v) is 6.53. The maximum atomic E-state index is 12.0. The molecule has 0 spiro atoms. The van der Waals surface area contributed by atoms with Crippen LogP contribution in [0.15, 0.2) is 94.1 Å². The van der Waals surface area contributed by atoms with Gasteiger partial charge < -0.3 is 23.2 Å². The second kappa shape index (κ2) is 11.5. The molecule has 2 heterocycles. The highest BCUT2D eigenvalue weighted by molar-refractivity contribution is 7.86. The molecule has 0 radical (unpaired) electrons. The van der Waals surface area contributed by atoms with E-state index < -0.39 is 26.0 Å². The number of aromatic nitrogens is 1. The van der Waals surface area contributed by atoms with Gasteiger partial charge in [-0.2, -0.15) is 4.57 Å².